The fourth-order valence-electron chi connectivity index (χ4n) is 4.14. The molecule has 3 heterocycles. The van der Waals surface area contributed by atoms with Gasteiger partial charge in [0, 0.05) is 18.1 Å². The van der Waals surface area contributed by atoms with E-state index < -0.39 is 11.1 Å². The molecule has 11 heteroatoms. The summed E-state index contributed by atoms with van der Waals surface area (Å²) in [6, 6.07) is 16.6. The largest absolute Gasteiger partial charge is 0.451 e. The zero-order valence-electron chi connectivity index (χ0n) is 18.1. The number of H-pyrrole nitrogens is 1. The SMILES string of the molecule is CSc1n[n+]2c(c(=O)[nH]1)-c1ccccc1N(C(C)=O)[C@@H]2c1ccc(-c2ccccc2[N+](=O)[O-])o1. The molecule has 1 aliphatic heterocycles. The van der Waals surface area contributed by atoms with Gasteiger partial charge < -0.3 is 4.42 Å². The molecule has 0 bridgehead atoms. The first-order valence-electron chi connectivity index (χ1n) is 10.2. The number of furan rings is 1. The number of fused-ring (bicyclic) bond motifs is 3. The van der Waals surface area contributed by atoms with Crippen LogP contribution in [0.5, 0.6) is 0 Å². The summed E-state index contributed by atoms with van der Waals surface area (Å²) < 4.78 is 7.56. The van der Waals surface area contributed by atoms with E-state index in [-0.39, 0.29) is 28.6 Å². The number of nitrogens with zero attached hydrogens (tertiary/aromatic N) is 4. The highest BCUT2D eigenvalue weighted by atomic mass is 32.2. The molecule has 0 unspecified atom stereocenters. The van der Waals surface area contributed by atoms with E-state index in [1.807, 2.05) is 0 Å². The van der Waals surface area contributed by atoms with Gasteiger partial charge in [-0.1, -0.05) is 36.0 Å². The van der Waals surface area contributed by atoms with Crippen molar-refractivity contribution in [1.29, 1.82) is 0 Å². The molecule has 1 atom stereocenters. The smallest absolute Gasteiger partial charge is 0.325 e. The fourth-order valence-corrected chi connectivity index (χ4v) is 4.50. The number of nitro benzene ring substituents is 1. The lowest BCUT2D eigenvalue weighted by atomic mass is 10.0. The van der Waals surface area contributed by atoms with Gasteiger partial charge in [-0.2, -0.15) is 0 Å². The minimum atomic E-state index is -0.910. The number of benzene rings is 2. The maximum absolute atomic E-state index is 13.1. The first kappa shape index (κ1) is 21.6. The van der Waals surface area contributed by atoms with Gasteiger partial charge in [-0.3, -0.25) is 24.7 Å². The van der Waals surface area contributed by atoms with Crippen molar-refractivity contribution in [2.45, 2.75) is 18.2 Å². The van der Waals surface area contributed by atoms with Gasteiger partial charge in [-0.15, -0.1) is 0 Å². The number of hydrogen-bond donors (Lipinski definition) is 1. The highest BCUT2D eigenvalue weighted by molar-refractivity contribution is 7.98. The molecule has 5 rings (SSSR count). The van der Waals surface area contributed by atoms with E-state index in [1.165, 1.54) is 34.3 Å². The van der Waals surface area contributed by atoms with Gasteiger partial charge >= 0.3 is 17.4 Å². The lowest BCUT2D eigenvalue weighted by molar-refractivity contribution is -0.764. The molecular formula is C23H18N5O5S+. The molecule has 1 aliphatic rings. The zero-order valence-corrected chi connectivity index (χ0v) is 18.9. The number of aromatic nitrogens is 3. The number of nitrogens with one attached hydrogen (secondary N) is 1. The van der Waals surface area contributed by atoms with Crippen molar-refractivity contribution in [3.8, 4) is 22.6 Å². The monoisotopic (exact) mass is 476 g/mol. The van der Waals surface area contributed by atoms with Gasteiger partial charge in [0.2, 0.25) is 11.1 Å². The summed E-state index contributed by atoms with van der Waals surface area (Å²) >= 11 is 1.25. The third-order valence-electron chi connectivity index (χ3n) is 5.54. The summed E-state index contributed by atoms with van der Waals surface area (Å²) in [7, 11) is 0. The maximum atomic E-state index is 13.1. The summed E-state index contributed by atoms with van der Waals surface area (Å²) in [6.07, 6.45) is 0.867. The van der Waals surface area contributed by atoms with Crippen LogP contribution in [0, 0.1) is 10.1 Å². The van der Waals surface area contributed by atoms with E-state index in [1.54, 1.807) is 60.9 Å². The van der Waals surface area contributed by atoms with Crippen molar-refractivity contribution < 1.29 is 18.8 Å². The predicted molar refractivity (Wildman–Crippen MR) is 124 cm³/mol. The lowest BCUT2D eigenvalue weighted by Crippen LogP contribution is -2.60. The second kappa shape index (κ2) is 8.27. The number of nitro groups is 1. The van der Waals surface area contributed by atoms with Crippen molar-refractivity contribution in [3.63, 3.8) is 0 Å². The summed E-state index contributed by atoms with van der Waals surface area (Å²) in [5.41, 5.74) is 1.21. The van der Waals surface area contributed by atoms with Gasteiger partial charge in [0.15, 0.2) is 5.76 Å². The fraction of sp³-hybridized carbons (Fsp3) is 0.130. The van der Waals surface area contributed by atoms with Crippen molar-refractivity contribution in [2.24, 2.45) is 0 Å². The second-order valence-corrected chi connectivity index (χ2v) is 8.31. The van der Waals surface area contributed by atoms with Crippen LogP contribution in [0.1, 0.15) is 18.8 Å². The number of carbonyl (C=O) groups is 1. The molecule has 0 aliphatic carbocycles. The highest BCUT2D eigenvalue weighted by Gasteiger charge is 2.46. The van der Waals surface area contributed by atoms with E-state index in [0.29, 0.717) is 27.7 Å². The quantitative estimate of drug-likeness (QED) is 0.207. The van der Waals surface area contributed by atoms with Crippen LogP contribution in [0.3, 0.4) is 0 Å². The van der Waals surface area contributed by atoms with Crippen molar-refractivity contribution in [3.05, 3.63) is 86.9 Å². The van der Waals surface area contributed by atoms with Crippen molar-refractivity contribution in [2.75, 3.05) is 11.2 Å². The van der Waals surface area contributed by atoms with Crippen LogP contribution in [-0.2, 0) is 4.79 Å². The number of aromatic amines is 1. The van der Waals surface area contributed by atoms with Gasteiger partial charge in [-0.05, 0) is 41.3 Å². The Bertz CT molecular complexity index is 1510. The topological polar surface area (TPSA) is 126 Å². The van der Waals surface area contributed by atoms with Gasteiger partial charge in [0.1, 0.15) is 5.76 Å². The Balaban J connectivity index is 1.76. The molecular weight excluding hydrogens is 458 g/mol. The third-order valence-corrected chi connectivity index (χ3v) is 6.11. The maximum Gasteiger partial charge on any atom is 0.325 e. The average Bonchev–Trinajstić information content (AvgIpc) is 3.32. The van der Waals surface area contributed by atoms with Crippen LogP contribution in [-0.4, -0.2) is 27.2 Å². The normalized spacial score (nSPS) is 14.4. The molecule has 170 valence electrons. The molecule has 0 fully saturated rings. The Kier molecular flexibility index (Phi) is 5.25. The Hall–Kier alpha value is -4.25. The van der Waals surface area contributed by atoms with Crippen molar-refractivity contribution in [1.82, 2.24) is 10.1 Å². The molecule has 0 saturated heterocycles. The Morgan fingerprint density at radius 1 is 1.15 bits per heavy atom. The summed E-state index contributed by atoms with van der Waals surface area (Å²) in [4.78, 5) is 41.2. The van der Waals surface area contributed by atoms with Crippen LogP contribution in [0.15, 0.2) is 75.0 Å². The first-order valence-corrected chi connectivity index (χ1v) is 11.5. The number of amides is 1. The number of carbonyl (C=O) groups excluding carboxylic acids is 1. The molecule has 10 nitrogen and oxygen atoms in total. The molecule has 0 spiro atoms. The van der Waals surface area contributed by atoms with Crippen LogP contribution < -0.4 is 15.1 Å². The molecule has 34 heavy (non-hydrogen) atoms. The Labute approximate surface area is 197 Å². The second-order valence-electron chi connectivity index (χ2n) is 7.51. The average molecular weight is 476 g/mol. The number of para-hydroxylation sites is 2. The molecule has 0 radical (unpaired) electrons. The summed E-state index contributed by atoms with van der Waals surface area (Å²) in [5, 5.41) is 16.4. The van der Waals surface area contributed by atoms with E-state index in [4.69, 9.17) is 4.42 Å². The first-order chi connectivity index (χ1) is 16.4. The minimum absolute atomic E-state index is 0.104. The van der Waals surface area contributed by atoms with Crippen LogP contribution in [0.4, 0.5) is 11.4 Å². The molecule has 0 saturated carbocycles. The molecule has 1 amide bonds. The molecule has 4 aromatic rings. The van der Waals surface area contributed by atoms with E-state index in [0.717, 1.165) is 0 Å². The Morgan fingerprint density at radius 2 is 1.85 bits per heavy atom. The van der Waals surface area contributed by atoms with Crippen LogP contribution >= 0.6 is 11.8 Å². The predicted octanol–water partition coefficient (Wildman–Crippen LogP) is 3.53. The van der Waals surface area contributed by atoms with Crippen LogP contribution in [0.25, 0.3) is 22.6 Å². The van der Waals surface area contributed by atoms with Crippen molar-refractivity contribution >= 4 is 29.0 Å². The number of hydrogen-bond acceptors (Lipinski definition) is 7. The lowest BCUT2D eigenvalue weighted by Gasteiger charge is -2.29. The van der Waals surface area contributed by atoms with E-state index >= 15 is 0 Å². The number of rotatable bonds is 4. The standard InChI is InChI=1S/C23H17N5O5S/c1-13(29)26-16-9-5-4-8-15(16)20-21(30)24-23(34-2)25-27(20)22(26)19-12-11-18(33-19)14-7-3-6-10-17(14)28(31)32/h3-12,22H,1-2H3/p+1/t22-/m0/s1. The number of thioether (sulfide) groups is 1. The van der Waals surface area contributed by atoms with Gasteiger partial charge in [0.25, 0.3) is 5.69 Å². The number of anilines is 1. The van der Waals surface area contributed by atoms with E-state index in [2.05, 4.69) is 10.1 Å². The van der Waals surface area contributed by atoms with Gasteiger partial charge in [0.05, 0.1) is 21.7 Å². The van der Waals surface area contributed by atoms with E-state index in [9.17, 15) is 19.7 Å². The zero-order chi connectivity index (χ0) is 24.0. The Morgan fingerprint density at radius 3 is 2.56 bits per heavy atom. The highest BCUT2D eigenvalue weighted by Crippen LogP contribution is 2.39. The van der Waals surface area contributed by atoms with Crippen LogP contribution in [0.2, 0.25) is 0 Å². The molecule has 1 N–H and O–H groups in total. The summed E-state index contributed by atoms with van der Waals surface area (Å²) in [5.74, 6) is 0.281. The molecule has 2 aromatic carbocycles. The van der Waals surface area contributed by atoms with Gasteiger partial charge in [-0.25, -0.2) is 4.90 Å². The minimum Gasteiger partial charge on any atom is -0.451 e. The third kappa shape index (κ3) is 3.37. The molecule has 2 aromatic heterocycles. The summed E-state index contributed by atoms with van der Waals surface area (Å²) in [6.45, 7) is 1.42.